The SMILES string of the molecule is COCCC(C)(O)CNS(=O)(=O)c1ccc2[nH]c(=O)[nH]c2c1. The molecule has 8 nitrogen and oxygen atoms in total. The molecule has 0 bridgehead atoms. The number of ether oxygens (including phenoxy) is 1. The number of aliphatic hydroxyl groups is 1. The van der Waals surface area contributed by atoms with Crippen molar-refractivity contribution in [3.63, 3.8) is 0 Å². The Morgan fingerprint density at radius 3 is 2.68 bits per heavy atom. The fourth-order valence-corrected chi connectivity index (χ4v) is 3.11. The average molecular weight is 329 g/mol. The zero-order chi connectivity index (χ0) is 16.4. The van der Waals surface area contributed by atoms with Gasteiger partial charge in [0.2, 0.25) is 10.0 Å². The Balaban J connectivity index is 2.16. The van der Waals surface area contributed by atoms with Gasteiger partial charge in [-0.25, -0.2) is 17.9 Å². The Labute approximate surface area is 127 Å². The monoisotopic (exact) mass is 329 g/mol. The van der Waals surface area contributed by atoms with Gasteiger partial charge in [0.05, 0.1) is 21.5 Å². The van der Waals surface area contributed by atoms with Crippen LogP contribution in [0.3, 0.4) is 0 Å². The number of methoxy groups -OCH3 is 1. The first kappa shape index (κ1) is 16.7. The molecule has 0 fully saturated rings. The molecular weight excluding hydrogens is 310 g/mol. The van der Waals surface area contributed by atoms with Gasteiger partial charge in [-0.2, -0.15) is 0 Å². The maximum Gasteiger partial charge on any atom is 0.323 e. The predicted octanol–water partition coefficient (Wildman–Crippen LogP) is -0.0780. The van der Waals surface area contributed by atoms with Crippen LogP contribution in [0.4, 0.5) is 0 Å². The van der Waals surface area contributed by atoms with Gasteiger partial charge < -0.3 is 19.8 Å². The highest BCUT2D eigenvalue weighted by atomic mass is 32.2. The molecule has 0 saturated heterocycles. The van der Waals surface area contributed by atoms with Gasteiger partial charge in [0.1, 0.15) is 0 Å². The van der Waals surface area contributed by atoms with Crippen LogP contribution in [0.15, 0.2) is 27.9 Å². The number of benzene rings is 1. The number of sulfonamides is 1. The topological polar surface area (TPSA) is 124 Å². The van der Waals surface area contributed by atoms with E-state index in [1.165, 1.54) is 32.2 Å². The lowest BCUT2D eigenvalue weighted by molar-refractivity contribution is 0.0292. The second-order valence-electron chi connectivity index (χ2n) is 5.35. The van der Waals surface area contributed by atoms with Crippen molar-refractivity contribution in [2.75, 3.05) is 20.3 Å². The number of fused-ring (bicyclic) bond motifs is 1. The standard InChI is InChI=1S/C13H19N3O5S/c1-13(18,5-6-21-2)8-14-22(19,20)9-3-4-10-11(7-9)16-12(17)15-10/h3-4,7,14,18H,5-6,8H2,1-2H3,(H2,15,16,17). The van der Waals surface area contributed by atoms with E-state index in [0.717, 1.165) is 0 Å². The van der Waals surface area contributed by atoms with E-state index >= 15 is 0 Å². The van der Waals surface area contributed by atoms with Crippen LogP contribution < -0.4 is 10.4 Å². The number of aromatic nitrogens is 2. The maximum absolute atomic E-state index is 12.2. The summed E-state index contributed by atoms with van der Waals surface area (Å²) >= 11 is 0. The van der Waals surface area contributed by atoms with Gasteiger partial charge in [-0.05, 0) is 25.1 Å². The first-order valence-electron chi connectivity index (χ1n) is 6.66. The summed E-state index contributed by atoms with van der Waals surface area (Å²) in [5.74, 6) is 0. The molecular formula is C13H19N3O5S. The van der Waals surface area contributed by atoms with E-state index in [1.54, 1.807) is 0 Å². The molecule has 0 amide bonds. The number of nitrogens with one attached hydrogen (secondary N) is 3. The minimum Gasteiger partial charge on any atom is -0.389 e. The van der Waals surface area contributed by atoms with Crippen LogP contribution in [-0.2, 0) is 14.8 Å². The smallest absolute Gasteiger partial charge is 0.323 e. The Hall–Kier alpha value is -1.68. The first-order valence-corrected chi connectivity index (χ1v) is 8.15. The summed E-state index contributed by atoms with van der Waals surface area (Å²) in [7, 11) is -2.28. The average Bonchev–Trinajstić information content (AvgIpc) is 2.82. The maximum atomic E-state index is 12.2. The molecule has 0 aliphatic rings. The number of hydrogen-bond acceptors (Lipinski definition) is 5. The Morgan fingerprint density at radius 1 is 1.32 bits per heavy atom. The summed E-state index contributed by atoms with van der Waals surface area (Å²) in [5.41, 5.74) is -0.690. The van der Waals surface area contributed by atoms with Crippen molar-refractivity contribution < 1.29 is 18.3 Å². The number of rotatable bonds is 7. The highest BCUT2D eigenvalue weighted by Gasteiger charge is 2.24. The van der Waals surface area contributed by atoms with Crippen molar-refractivity contribution >= 4 is 21.1 Å². The van der Waals surface area contributed by atoms with Crippen LogP contribution in [0.1, 0.15) is 13.3 Å². The quantitative estimate of drug-likeness (QED) is 0.566. The van der Waals surface area contributed by atoms with Gasteiger partial charge in [-0.3, -0.25) is 0 Å². The van der Waals surface area contributed by atoms with Gasteiger partial charge in [-0.15, -0.1) is 0 Å². The Kier molecular flexibility index (Phi) is 4.71. The van der Waals surface area contributed by atoms with Crippen LogP contribution in [-0.4, -0.2) is 49.4 Å². The second-order valence-corrected chi connectivity index (χ2v) is 7.12. The summed E-state index contributed by atoms with van der Waals surface area (Å²) in [4.78, 5) is 16.2. The molecule has 9 heteroatoms. The minimum atomic E-state index is -3.79. The van der Waals surface area contributed by atoms with Crippen LogP contribution in [0.5, 0.6) is 0 Å². The normalized spacial score (nSPS) is 15.0. The van der Waals surface area contributed by atoms with Crippen molar-refractivity contribution in [2.45, 2.75) is 23.8 Å². The molecule has 2 aromatic rings. The van der Waals surface area contributed by atoms with E-state index in [0.29, 0.717) is 24.1 Å². The molecule has 22 heavy (non-hydrogen) atoms. The highest BCUT2D eigenvalue weighted by Crippen LogP contribution is 2.16. The molecule has 0 saturated carbocycles. The lowest BCUT2D eigenvalue weighted by Crippen LogP contribution is -2.41. The van der Waals surface area contributed by atoms with E-state index in [2.05, 4.69) is 14.7 Å². The number of aromatic amines is 2. The Bertz CT molecular complexity index is 806. The fourth-order valence-electron chi connectivity index (χ4n) is 1.92. The van der Waals surface area contributed by atoms with Crippen LogP contribution in [0, 0.1) is 0 Å². The third kappa shape index (κ3) is 3.95. The van der Waals surface area contributed by atoms with E-state index in [-0.39, 0.29) is 11.4 Å². The molecule has 1 unspecified atom stereocenters. The lowest BCUT2D eigenvalue weighted by Gasteiger charge is -2.23. The Morgan fingerprint density at radius 2 is 2.00 bits per heavy atom. The largest absolute Gasteiger partial charge is 0.389 e. The van der Waals surface area contributed by atoms with Crippen LogP contribution >= 0.6 is 0 Å². The molecule has 1 aromatic heterocycles. The zero-order valence-electron chi connectivity index (χ0n) is 12.3. The van der Waals surface area contributed by atoms with Crippen molar-refractivity contribution in [3.8, 4) is 0 Å². The molecule has 0 aliphatic carbocycles. The second kappa shape index (κ2) is 6.21. The first-order chi connectivity index (χ1) is 10.2. The summed E-state index contributed by atoms with van der Waals surface area (Å²) < 4.78 is 31.7. The van der Waals surface area contributed by atoms with Crippen molar-refractivity contribution in [1.29, 1.82) is 0 Å². The number of H-pyrrole nitrogens is 2. The van der Waals surface area contributed by atoms with E-state index in [9.17, 15) is 18.3 Å². The lowest BCUT2D eigenvalue weighted by atomic mass is 10.0. The van der Waals surface area contributed by atoms with E-state index in [4.69, 9.17) is 4.74 Å². The van der Waals surface area contributed by atoms with Gasteiger partial charge >= 0.3 is 5.69 Å². The van der Waals surface area contributed by atoms with Crippen molar-refractivity contribution in [1.82, 2.24) is 14.7 Å². The van der Waals surface area contributed by atoms with Gasteiger partial charge in [0, 0.05) is 26.7 Å². The molecule has 122 valence electrons. The van der Waals surface area contributed by atoms with Crippen LogP contribution in [0.25, 0.3) is 11.0 Å². The van der Waals surface area contributed by atoms with Crippen molar-refractivity contribution in [3.05, 3.63) is 28.7 Å². The number of hydrogen-bond donors (Lipinski definition) is 4. The zero-order valence-corrected chi connectivity index (χ0v) is 13.2. The highest BCUT2D eigenvalue weighted by molar-refractivity contribution is 7.89. The minimum absolute atomic E-state index is 0.0118. The van der Waals surface area contributed by atoms with Crippen molar-refractivity contribution in [2.24, 2.45) is 0 Å². The molecule has 0 spiro atoms. The molecule has 1 heterocycles. The van der Waals surface area contributed by atoms with Gasteiger partial charge in [0.25, 0.3) is 0 Å². The molecule has 1 atom stereocenters. The molecule has 4 N–H and O–H groups in total. The molecule has 0 aliphatic heterocycles. The third-order valence-corrected chi connectivity index (χ3v) is 4.68. The molecule has 2 rings (SSSR count). The van der Waals surface area contributed by atoms with Crippen LogP contribution in [0.2, 0.25) is 0 Å². The third-order valence-electron chi connectivity index (χ3n) is 3.29. The number of imidazole rings is 1. The predicted molar refractivity (Wildman–Crippen MR) is 81.2 cm³/mol. The van der Waals surface area contributed by atoms with Gasteiger partial charge in [-0.1, -0.05) is 0 Å². The summed E-state index contributed by atoms with van der Waals surface area (Å²) in [6, 6.07) is 4.25. The summed E-state index contributed by atoms with van der Waals surface area (Å²) in [6.07, 6.45) is 0.302. The summed E-state index contributed by atoms with van der Waals surface area (Å²) in [5, 5.41) is 10.1. The fraction of sp³-hybridized carbons (Fsp3) is 0.462. The van der Waals surface area contributed by atoms with Gasteiger partial charge in [0.15, 0.2) is 0 Å². The van der Waals surface area contributed by atoms with E-state index in [1.807, 2.05) is 0 Å². The summed E-state index contributed by atoms with van der Waals surface area (Å²) in [6.45, 7) is 1.72. The molecule has 1 aromatic carbocycles. The van der Waals surface area contributed by atoms with E-state index < -0.39 is 21.3 Å². The molecule has 0 radical (unpaired) electrons.